The number of nitrogens with zero attached hydrogens (tertiary/aromatic N) is 3. The molecular formula is C22H40N4O2. The number of aliphatic imine (C=N–C) groups is 1. The molecule has 3 aliphatic rings. The van der Waals surface area contributed by atoms with Gasteiger partial charge in [0.15, 0.2) is 5.96 Å². The van der Waals surface area contributed by atoms with Crippen molar-refractivity contribution in [1.29, 1.82) is 0 Å². The summed E-state index contributed by atoms with van der Waals surface area (Å²) in [6, 6.07) is 0.635. The molecule has 0 spiro atoms. The van der Waals surface area contributed by atoms with Gasteiger partial charge in [0, 0.05) is 39.3 Å². The average Bonchev–Trinajstić information content (AvgIpc) is 3.17. The lowest BCUT2D eigenvalue weighted by Crippen LogP contribution is -2.50. The summed E-state index contributed by atoms with van der Waals surface area (Å²) in [5.74, 6) is 1.92. The number of hydrogen-bond donors (Lipinski definition) is 1. The first-order valence-electron chi connectivity index (χ1n) is 11.6. The first-order chi connectivity index (χ1) is 13.7. The molecule has 0 aromatic carbocycles. The van der Waals surface area contributed by atoms with Gasteiger partial charge in [-0.05, 0) is 57.9 Å². The Morgan fingerprint density at radius 3 is 2.46 bits per heavy atom. The summed E-state index contributed by atoms with van der Waals surface area (Å²) in [5.41, 5.74) is 0. The minimum absolute atomic E-state index is 0.0330. The number of carbonyl (C=O) groups excluding carboxylic acids is 1. The molecule has 6 nitrogen and oxygen atoms in total. The van der Waals surface area contributed by atoms with Crippen LogP contribution in [0.15, 0.2) is 4.99 Å². The molecule has 0 radical (unpaired) electrons. The summed E-state index contributed by atoms with van der Waals surface area (Å²) in [4.78, 5) is 21.5. The Morgan fingerprint density at radius 2 is 1.79 bits per heavy atom. The molecule has 2 saturated heterocycles. The minimum Gasteiger partial charge on any atom is -0.466 e. The molecule has 1 aliphatic carbocycles. The quantitative estimate of drug-likeness (QED) is 0.428. The van der Waals surface area contributed by atoms with Crippen LogP contribution < -0.4 is 5.32 Å². The van der Waals surface area contributed by atoms with Gasteiger partial charge in [-0.25, -0.2) is 0 Å². The summed E-state index contributed by atoms with van der Waals surface area (Å²) in [7, 11) is 1.87. The van der Waals surface area contributed by atoms with E-state index in [1.807, 2.05) is 14.0 Å². The van der Waals surface area contributed by atoms with Crippen molar-refractivity contribution in [3.05, 3.63) is 0 Å². The van der Waals surface area contributed by atoms with Crippen molar-refractivity contribution in [1.82, 2.24) is 15.1 Å². The molecular weight excluding hydrogens is 352 g/mol. The van der Waals surface area contributed by atoms with Crippen molar-refractivity contribution in [2.75, 3.05) is 46.4 Å². The third-order valence-corrected chi connectivity index (χ3v) is 6.84. The van der Waals surface area contributed by atoms with Crippen LogP contribution in [0, 0.1) is 11.8 Å². The van der Waals surface area contributed by atoms with E-state index in [2.05, 4.69) is 20.1 Å². The molecule has 0 aromatic rings. The van der Waals surface area contributed by atoms with Crippen molar-refractivity contribution >= 4 is 11.9 Å². The lowest BCUT2D eigenvalue weighted by atomic mass is 9.89. The van der Waals surface area contributed by atoms with Gasteiger partial charge in [-0.2, -0.15) is 0 Å². The Morgan fingerprint density at radius 1 is 1.04 bits per heavy atom. The van der Waals surface area contributed by atoms with E-state index >= 15 is 0 Å². The van der Waals surface area contributed by atoms with Crippen LogP contribution in [-0.4, -0.2) is 74.1 Å². The van der Waals surface area contributed by atoms with E-state index in [0.29, 0.717) is 12.6 Å². The maximum absolute atomic E-state index is 12.0. The second-order valence-corrected chi connectivity index (χ2v) is 8.74. The number of likely N-dealkylation sites (tertiary alicyclic amines) is 2. The van der Waals surface area contributed by atoms with Gasteiger partial charge in [0.25, 0.3) is 0 Å². The van der Waals surface area contributed by atoms with E-state index in [1.165, 1.54) is 58.0 Å². The number of guanidine groups is 1. The zero-order valence-electron chi connectivity index (χ0n) is 18.0. The van der Waals surface area contributed by atoms with Crippen LogP contribution in [0.2, 0.25) is 0 Å². The second-order valence-electron chi connectivity index (χ2n) is 8.74. The fraction of sp³-hybridized carbons (Fsp3) is 0.909. The van der Waals surface area contributed by atoms with Crippen molar-refractivity contribution in [2.45, 2.75) is 70.8 Å². The lowest BCUT2D eigenvalue weighted by Gasteiger charge is -2.35. The molecule has 160 valence electrons. The standard InChI is InChI=1S/C22H40N4O2/c1-3-28-21(27)19-11-14-25(15-12-19)22(23-2)24-16-20-10-7-13-26(20)17-18-8-5-4-6-9-18/h18-20H,3-17H2,1-2H3,(H,23,24). The molecule has 2 aliphatic heterocycles. The van der Waals surface area contributed by atoms with E-state index in [-0.39, 0.29) is 11.9 Å². The van der Waals surface area contributed by atoms with Crippen molar-refractivity contribution in [3.8, 4) is 0 Å². The van der Waals surface area contributed by atoms with Gasteiger partial charge < -0.3 is 15.0 Å². The van der Waals surface area contributed by atoms with Gasteiger partial charge in [0.2, 0.25) is 0 Å². The van der Waals surface area contributed by atoms with E-state index in [9.17, 15) is 4.79 Å². The van der Waals surface area contributed by atoms with Crippen LogP contribution in [0.5, 0.6) is 0 Å². The summed E-state index contributed by atoms with van der Waals surface area (Å²) in [6.45, 7) is 7.62. The van der Waals surface area contributed by atoms with Crippen molar-refractivity contribution in [2.24, 2.45) is 16.8 Å². The highest BCUT2D eigenvalue weighted by Crippen LogP contribution is 2.27. The third kappa shape index (κ3) is 5.85. The fourth-order valence-corrected chi connectivity index (χ4v) is 5.20. The van der Waals surface area contributed by atoms with Crippen LogP contribution in [-0.2, 0) is 9.53 Å². The number of carbonyl (C=O) groups is 1. The van der Waals surface area contributed by atoms with Gasteiger partial charge in [0.05, 0.1) is 12.5 Å². The van der Waals surface area contributed by atoms with Crippen molar-refractivity contribution in [3.63, 3.8) is 0 Å². The van der Waals surface area contributed by atoms with E-state index in [0.717, 1.165) is 44.4 Å². The third-order valence-electron chi connectivity index (χ3n) is 6.84. The topological polar surface area (TPSA) is 57.2 Å². The minimum atomic E-state index is -0.0330. The molecule has 0 bridgehead atoms. The SMILES string of the molecule is CCOC(=O)C1CCN(C(=NC)NCC2CCCN2CC2CCCCC2)CC1. The average molecular weight is 393 g/mol. The Bertz CT molecular complexity index is 511. The predicted molar refractivity (Wildman–Crippen MR) is 113 cm³/mol. The molecule has 3 rings (SSSR count). The Hall–Kier alpha value is -1.30. The molecule has 1 saturated carbocycles. The van der Waals surface area contributed by atoms with Crippen LogP contribution >= 0.6 is 0 Å². The van der Waals surface area contributed by atoms with Gasteiger partial charge in [0.1, 0.15) is 0 Å². The molecule has 2 heterocycles. The van der Waals surface area contributed by atoms with E-state index in [4.69, 9.17) is 4.74 Å². The number of piperidine rings is 1. The Balaban J connectivity index is 1.43. The zero-order valence-corrected chi connectivity index (χ0v) is 18.0. The number of ether oxygens (including phenoxy) is 1. The van der Waals surface area contributed by atoms with Crippen LogP contribution in [0.25, 0.3) is 0 Å². The molecule has 6 heteroatoms. The molecule has 28 heavy (non-hydrogen) atoms. The maximum Gasteiger partial charge on any atom is 0.309 e. The number of esters is 1. The van der Waals surface area contributed by atoms with Gasteiger partial charge in [-0.3, -0.25) is 14.7 Å². The summed E-state index contributed by atoms with van der Waals surface area (Å²) in [6.07, 6.45) is 11.5. The fourth-order valence-electron chi connectivity index (χ4n) is 5.20. The molecule has 1 N–H and O–H groups in total. The first-order valence-corrected chi connectivity index (χ1v) is 11.6. The number of nitrogens with one attached hydrogen (secondary N) is 1. The van der Waals surface area contributed by atoms with Crippen molar-refractivity contribution < 1.29 is 9.53 Å². The lowest BCUT2D eigenvalue weighted by molar-refractivity contribution is -0.149. The van der Waals surface area contributed by atoms with Crippen LogP contribution in [0.4, 0.5) is 0 Å². The normalized spacial score (nSPS) is 25.9. The smallest absolute Gasteiger partial charge is 0.309 e. The highest BCUT2D eigenvalue weighted by molar-refractivity contribution is 5.80. The van der Waals surface area contributed by atoms with E-state index in [1.54, 1.807) is 0 Å². The van der Waals surface area contributed by atoms with Gasteiger partial charge in [-0.15, -0.1) is 0 Å². The Kier molecular flexibility index (Phi) is 8.44. The predicted octanol–water partition coefficient (Wildman–Crippen LogP) is 2.88. The number of hydrogen-bond acceptors (Lipinski definition) is 4. The summed E-state index contributed by atoms with van der Waals surface area (Å²) < 4.78 is 5.18. The Labute approximate surface area is 171 Å². The highest BCUT2D eigenvalue weighted by atomic mass is 16.5. The second kappa shape index (κ2) is 11.0. The molecule has 1 atom stereocenters. The molecule has 0 aromatic heterocycles. The summed E-state index contributed by atoms with van der Waals surface area (Å²) in [5, 5.41) is 3.64. The first kappa shape index (κ1) is 21.4. The van der Waals surface area contributed by atoms with Crippen LogP contribution in [0.1, 0.15) is 64.7 Å². The van der Waals surface area contributed by atoms with Crippen LogP contribution in [0.3, 0.4) is 0 Å². The molecule has 0 amide bonds. The monoisotopic (exact) mass is 392 g/mol. The number of rotatable bonds is 6. The zero-order chi connectivity index (χ0) is 19.8. The largest absolute Gasteiger partial charge is 0.466 e. The maximum atomic E-state index is 12.0. The highest BCUT2D eigenvalue weighted by Gasteiger charge is 2.30. The van der Waals surface area contributed by atoms with E-state index < -0.39 is 0 Å². The van der Waals surface area contributed by atoms with Gasteiger partial charge in [-0.1, -0.05) is 19.3 Å². The molecule has 3 fully saturated rings. The summed E-state index contributed by atoms with van der Waals surface area (Å²) >= 11 is 0. The van der Waals surface area contributed by atoms with Gasteiger partial charge >= 0.3 is 5.97 Å². The molecule has 1 unspecified atom stereocenters.